The summed E-state index contributed by atoms with van der Waals surface area (Å²) in [4.78, 5) is 12.5. The van der Waals surface area contributed by atoms with E-state index in [1.165, 1.54) is 12.1 Å². The predicted molar refractivity (Wildman–Crippen MR) is 86.7 cm³/mol. The molecule has 1 aromatic heterocycles. The van der Waals surface area contributed by atoms with Crippen LogP contribution < -0.4 is 0 Å². The second-order valence-electron chi connectivity index (χ2n) is 6.52. The van der Waals surface area contributed by atoms with Gasteiger partial charge in [-0.15, -0.1) is 0 Å². The van der Waals surface area contributed by atoms with Crippen molar-refractivity contribution in [3.8, 4) is 5.69 Å². The van der Waals surface area contributed by atoms with Crippen LogP contribution in [0.4, 0.5) is 4.39 Å². The van der Waals surface area contributed by atoms with E-state index in [1.54, 1.807) is 12.1 Å². The number of fused-ring (bicyclic) bond motifs is 2. The SMILES string of the molecule is CC1=CCC(=O)C2(C)Cc3cnn(-c4ccc(F)cc4)c3C=C12. The van der Waals surface area contributed by atoms with Gasteiger partial charge in [0.25, 0.3) is 0 Å². The van der Waals surface area contributed by atoms with Crippen LogP contribution in [0.25, 0.3) is 11.8 Å². The topological polar surface area (TPSA) is 34.9 Å². The van der Waals surface area contributed by atoms with E-state index in [-0.39, 0.29) is 11.6 Å². The Morgan fingerprint density at radius 3 is 2.74 bits per heavy atom. The summed E-state index contributed by atoms with van der Waals surface area (Å²) in [6.07, 6.45) is 7.05. The summed E-state index contributed by atoms with van der Waals surface area (Å²) in [7, 11) is 0. The van der Waals surface area contributed by atoms with Crippen molar-refractivity contribution in [2.45, 2.75) is 26.7 Å². The minimum Gasteiger partial charge on any atom is -0.298 e. The molecule has 2 aliphatic rings. The first-order valence-corrected chi connectivity index (χ1v) is 7.74. The lowest BCUT2D eigenvalue weighted by molar-refractivity contribution is -0.125. The number of carbonyl (C=O) groups is 1. The smallest absolute Gasteiger partial charge is 0.147 e. The number of benzene rings is 1. The van der Waals surface area contributed by atoms with Crippen LogP contribution in [-0.4, -0.2) is 15.6 Å². The standard InChI is InChI=1S/C19H17FN2O/c1-12-3-8-18(23)19(2)10-13-11-21-22(17(13)9-16(12)19)15-6-4-14(20)5-7-15/h3-7,9,11H,8,10H2,1-2H3. The summed E-state index contributed by atoms with van der Waals surface area (Å²) in [5.41, 5.74) is 4.63. The molecule has 0 radical (unpaired) electrons. The number of Topliss-reactive ketones (excluding diaryl/α,β-unsaturated/α-hetero) is 1. The summed E-state index contributed by atoms with van der Waals surface area (Å²) in [6, 6.07) is 6.28. The van der Waals surface area contributed by atoms with Crippen molar-refractivity contribution in [1.82, 2.24) is 9.78 Å². The van der Waals surface area contributed by atoms with Crippen molar-refractivity contribution in [3.05, 3.63) is 64.8 Å². The fourth-order valence-electron chi connectivity index (χ4n) is 3.62. The average Bonchev–Trinajstić information content (AvgIpc) is 2.93. The van der Waals surface area contributed by atoms with Gasteiger partial charge in [-0.2, -0.15) is 5.10 Å². The summed E-state index contributed by atoms with van der Waals surface area (Å²) >= 11 is 0. The molecule has 0 aliphatic heterocycles. The lowest BCUT2D eigenvalue weighted by Gasteiger charge is -2.37. The van der Waals surface area contributed by atoms with Crippen molar-refractivity contribution in [3.63, 3.8) is 0 Å². The van der Waals surface area contributed by atoms with Crippen molar-refractivity contribution < 1.29 is 9.18 Å². The first kappa shape index (κ1) is 14.1. The molecule has 0 spiro atoms. The molecule has 0 bridgehead atoms. The van der Waals surface area contributed by atoms with E-state index in [1.807, 2.05) is 23.9 Å². The molecule has 2 aromatic rings. The third kappa shape index (κ3) is 2.01. The Labute approximate surface area is 134 Å². The highest BCUT2D eigenvalue weighted by Crippen LogP contribution is 2.46. The van der Waals surface area contributed by atoms with Crippen molar-refractivity contribution in [1.29, 1.82) is 0 Å². The molecule has 0 saturated carbocycles. The Morgan fingerprint density at radius 2 is 2.00 bits per heavy atom. The molecular formula is C19H17FN2O. The van der Waals surface area contributed by atoms with Crippen molar-refractivity contribution in [2.24, 2.45) is 5.41 Å². The van der Waals surface area contributed by atoms with Gasteiger partial charge in [-0.1, -0.05) is 11.6 Å². The van der Waals surface area contributed by atoms with E-state index >= 15 is 0 Å². The molecule has 1 atom stereocenters. The molecule has 23 heavy (non-hydrogen) atoms. The molecule has 0 amide bonds. The molecule has 3 nitrogen and oxygen atoms in total. The van der Waals surface area contributed by atoms with Crippen LogP contribution in [0.2, 0.25) is 0 Å². The van der Waals surface area contributed by atoms with Crippen LogP contribution >= 0.6 is 0 Å². The number of halogens is 1. The van der Waals surface area contributed by atoms with Gasteiger partial charge in [0.15, 0.2) is 0 Å². The van der Waals surface area contributed by atoms with Gasteiger partial charge in [-0.05, 0) is 61.7 Å². The van der Waals surface area contributed by atoms with E-state index < -0.39 is 5.41 Å². The van der Waals surface area contributed by atoms with Crippen molar-refractivity contribution in [2.75, 3.05) is 0 Å². The number of rotatable bonds is 1. The molecule has 0 fully saturated rings. The number of carbonyl (C=O) groups excluding carboxylic acids is 1. The molecular weight excluding hydrogens is 291 g/mol. The summed E-state index contributed by atoms with van der Waals surface area (Å²) < 4.78 is 15.0. The van der Waals surface area contributed by atoms with Crippen LogP contribution in [0.3, 0.4) is 0 Å². The van der Waals surface area contributed by atoms with Gasteiger partial charge in [0.05, 0.1) is 23.0 Å². The van der Waals surface area contributed by atoms with Crippen LogP contribution in [0.5, 0.6) is 0 Å². The molecule has 4 rings (SSSR count). The molecule has 1 aromatic carbocycles. The van der Waals surface area contributed by atoms with Gasteiger partial charge in [-0.3, -0.25) is 4.79 Å². The second-order valence-corrected chi connectivity index (χ2v) is 6.52. The average molecular weight is 308 g/mol. The Hall–Kier alpha value is -2.49. The number of ketones is 1. The number of allylic oxidation sites excluding steroid dienone is 3. The van der Waals surface area contributed by atoms with Gasteiger partial charge in [-0.25, -0.2) is 9.07 Å². The lowest BCUT2D eigenvalue weighted by Crippen LogP contribution is -2.37. The predicted octanol–water partition coefficient (Wildman–Crippen LogP) is 3.88. The lowest BCUT2D eigenvalue weighted by atomic mass is 9.65. The fourth-order valence-corrected chi connectivity index (χ4v) is 3.62. The summed E-state index contributed by atoms with van der Waals surface area (Å²) in [5.74, 6) is -0.00751. The van der Waals surface area contributed by atoms with Crippen LogP contribution in [0.1, 0.15) is 31.5 Å². The van der Waals surface area contributed by atoms with Crippen LogP contribution in [0.15, 0.2) is 47.7 Å². The quantitative estimate of drug-likeness (QED) is 0.801. The van der Waals surface area contributed by atoms with Crippen molar-refractivity contribution >= 4 is 11.9 Å². The van der Waals surface area contributed by atoms with Gasteiger partial charge in [0, 0.05) is 6.42 Å². The zero-order valence-electron chi connectivity index (χ0n) is 13.1. The molecule has 0 saturated heterocycles. The van der Waals surface area contributed by atoms with Gasteiger partial charge in [0.1, 0.15) is 11.6 Å². The Kier molecular flexibility index (Phi) is 2.92. The highest BCUT2D eigenvalue weighted by Gasteiger charge is 2.42. The molecule has 4 heteroatoms. The van der Waals surface area contributed by atoms with E-state index in [9.17, 15) is 9.18 Å². The zero-order valence-corrected chi connectivity index (χ0v) is 13.1. The number of hydrogen-bond acceptors (Lipinski definition) is 2. The molecule has 0 N–H and O–H groups in total. The van der Waals surface area contributed by atoms with E-state index in [0.717, 1.165) is 28.1 Å². The molecule has 2 aliphatic carbocycles. The molecule has 1 unspecified atom stereocenters. The fraction of sp³-hybridized carbons (Fsp3) is 0.263. The third-order valence-corrected chi connectivity index (χ3v) is 5.01. The Balaban J connectivity index is 1.88. The third-order valence-electron chi connectivity index (χ3n) is 5.01. The van der Waals surface area contributed by atoms with Crippen LogP contribution in [-0.2, 0) is 11.2 Å². The maximum Gasteiger partial charge on any atom is 0.147 e. The summed E-state index contributed by atoms with van der Waals surface area (Å²) in [5, 5.41) is 4.46. The van der Waals surface area contributed by atoms with Crippen LogP contribution in [0, 0.1) is 11.2 Å². The highest BCUT2D eigenvalue weighted by molar-refractivity contribution is 5.95. The first-order chi connectivity index (χ1) is 11.0. The van der Waals surface area contributed by atoms with Gasteiger partial charge in [0.2, 0.25) is 0 Å². The van der Waals surface area contributed by atoms with Gasteiger partial charge >= 0.3 is 0 Å². The zero-order chi connectivity index (χ0) is 16.2. The minimum absolute atomic E-state index is 0.259. The highest BCUT2D eigenvalue weighted by atomic mass is 19.1. The molecule has 1 heterocycles. The number of nitrogens with zero attached hydrogens (tertiary/aromatic N) is 2. The van der Waals surface area contributed by atoms with E-state index in [4.69, 9.17) is 0 Å². The van der Waals surface area contributed by atoms with Gasteiger partial charge < -0.3 is 0 Å². The Morgan fingerprint density at radius 1 is 1.26 bits per heavy atom. The van der Waals surface area contributed by atoms with E-state index in [0.29, 0.717) is 12.8 Å². The largest absolute Gasteiger partial charge is 0.298 e. The monoisotopic (exact) mass is 308 g/mol. The number of hydrogen-bond donors (Lipinski definition) is 0. The minimum atomic E-state index is -0.456. The normalized spacial score (nSPS) is 23.0. The second kappa shape index (κ2) is 4.75. The summed E-state index contributed by atoms with van der Waals surface area (Å²) in [6.45, 7) is 4.08. The molecule has 116 valence electrons. The Bertz CT molecular complexity index is 873. The maximum atomic E-state index is 13.1. The first-order valence-electron chi connectivity index (χ1n) is 7.74. The van der Waals surface area contributed by atoms with E-state index in [2.05, 4.69) is 18.1 Å². The number of aromatic nitrogens is 2. The maximum absolute atomic E-state index is 13.1.